The molecule has 1 saturated heterocycles. The number of nitrogens with zero attached hydrogens (tertiary/aromatic N) is 2. The van der Waals surface area contributed by atoms with Crippen LogP contribution in [-0.4, -0.2) is 49.9 Å². The number of hydrogen-bond donors (Lipinski definition) is 2. The van der Waals surface area contributed by atoms with Crippen molar-refractivity contribution < 1.29 is 9.59 Å². The van der Waals surface area contributed by atoms with E-state index in [4.69, 9.17) is 0 Å². The molecule has 0 bridgehead atoms. The van der Waals surface area contributed by atoms with Gasteiger partial charge < -0.3 is 15.1 Å². The lowest BCUT2D eigenvalue weighted by atomic mass is 9.92. The first-order valence-corrected chi connectivity index (χ1v) is 13.6. The standard InChI is InChI=1S/C28H35IN4O2/c1-6-17-13-25(20(7-2)21(8-3)26(17)33-12-11-19(16-33)32(4)5)30-15-24-23-14-18(29)9-10-22(23)27(34)31-28(24)35/h9-10,13-15,19,30H,6-8,11-12,16H2,1-5H3,(H,31,34,35)/b24-15-. The molecule has 7 heteroatoms. The number of anilines is 2. The van der Waals surface area contributed by atoms with E-state index in [-0.39, 0.29) is 11.8 Å². The first kappa shape index (κ1) is 25.7. The molecule has 0 aliphatic carbocycles. The minimum absolute atomic E-state index is 0.347. The fraction of sp³-hybridized carbons (Fsp3) is 0.429. The van der Waals surface area contributed by atoms with E-state index in [1.54, 1.807) is 12.3 Å². The normalized spacial score (nSPS) is 18.9. The number of carbonyl (C=O) groups excluding carboxylic acids is 2. The summed E-state index contributed by atoms with van der Waals surface area (Å²) in [5, 5.41) is 5.95. The van der Waals surface area contributed by atoms with Crippen molar-refractivity contribution in [3.63, 3.8) is 0 Å². The Balaban J connectivity index is 1.76. The zero-order valence-electron chi connectivity index (χ0n) is 21.3. The van der Waals surface area contributed by atoms with Crippen molar-refractivity contribution >= 4 is 51.4 Å². The van der Waals surface area contributed by atoms with Crippen molar-refractivity contribution in [3.05, 3.63) is 61.9 Å². The Morgan fingerprint density at radius 1 is 1.06 bits per heavy atom. The molecule has 1 fully saturated rings. The number of likely N-dealkylation sites (N-methyl/N-ethyl adjacent to an activating group) is 1. The Morgan fingerprint density at radius 2 is 1.80 bits per heavy atom. The number of amides is 2. The minimum atomic E-state index is -0.370. The Morgan fingerprint density at radius 3 is 2.43 bits per heavy atom. The van der Waals surface area contributed by atoms with Gasteiger partial charge in [0.25, 0.3) is 11.8 Å². The summed E-state index contributed by atoms with van der Waals surface area (Å²) in [5.41, 5.74) is 8.13. The van der Waals surface area contributed by atoms with Crippen molar-refractivity contribution in [2.45, 2.75) is 52.5 Å². The van der Waals surface area contributed by atoms with E-state index >= 15 is 0 Å². The van der Waals surface area contributed by atoms with Crippen LogP contribution in [-0.2, 0) is 24.1 Å². The van der Waals surface area contributed by atoms with Gasteiger partial charge in [0.05, 0.1) is 5.57 Å². The Labute approximate surface area is 222 Å². The molecular formula is C28H35IN4O2. The maximum absolute atomic E-state index is 12.8. The number of halogens is 1. The van der Waals surface area contributed by atoms with Gasteiger partial charge in [0, 0.05) is 51.4 Å². The van der Waals surface area contributed by atoms with Crippen LogP contribution in [0.15, 0.2) is 30.5 Å². The molecule has 2 heterocycles. The summed E-state index contributed by atoms with van der Waals surface area (Å²) in [4.78, 5) is 30.0. The molecule has 2 aromatic rings. The first-order chi connectivity index (χ1) is 16.8. The van der Waals surface area contributed by atoms with Crippen LogP contribution in [0.1, 0.15) is 59.8 Å². The summed E-state index contributed by atoms with van der Waals surface area (Å²) >= 11 is 2.21. The summed E-state index contributed by atoms with van der Waals surface area (Å²) < 4.78 is 0.983. The van der Waals surface area contributed by atoms with Crippen LogP contribution in [0, 0.1) is 3.57 Å². The summed E-state index contributed by atoms with van der Waals surface area (Å²) in [5.74, 6) is -0.717. The maximum Gasteiger partial charge on any atom is 0.260 e. The van der Waals surface area contributed by atoms with Crippen molar-refractivity contribution in [3.8, 4) is 0 Å². The van der Waals surface area contributed by atoms with E-state index in [1.165, 1.54) is 28.8 Å². The van der Waals surface area contributed by atoms with Gasteiger partial charge in [-0.1, -0.05) is 20.8 Å². The number of hydrogen-bond acceptors (Lipinski definition) is 5. The van der Waals surface area contributed by atoms with Crippen LogP contribution < -0.4 is 15.5 Å². The molecule has 4 rings (SSSR count). The summed E-state index contributed by atoms with van der Waals surface area (Å²) in [7, 11) is 4.34. The third-order valence-electron chi connectivity index (χ3n) is 7.26. The molecule has 1 atom stereocenters. The Hall–Kier alpha value is -2.39. The minimum Gasteiger partial charge on any atom is -0.369 e. The van der Waals surface area contributed by atoms with E-state index < -0.39 is 0 Å². The highest BCUT2D eigenvalue weighted by Gasteiger charge is 2.29. The molecule has 2 N–H and O–H groups in total. The van der Waals surface area contributed by atoms with Gasteiger partial charge >= 0.3 is 0 Å². The smallest absolute Gasteiger partial charge is 0.260 e. The van der Waals surface area contributed by atoms with E-state index in [9.17, 15) is 9.59 Å². The zero-order chi connectivity index (χ0) is 25.3. The van der Waals surface area contributed by atoms with Crippen LogP contribution in [0.2, 0.25) is 0 Å². The quantitative estimate of drug-likeness (QED) is 0.276. The number of fused-ring (bicyclic) bond motifs is 1. The van der Waals surface area contributed by atoms with Gasteiger partial charge in [0.2, 0.25) is 0 Å². The Bertz CT molecular complexity index is 1190. The van der Waals surface area contributed by atoms with E-state index in [1.807, 2.05) is 12.1 Å². The third kappa shape index (κ3) is 4.98. The van der Waals surface area contributed by atoms with Gasteiger partial charge in [-0.15, -0.1) is 0 Å². The molecule has 0 saturated carbocycles. The number of aryl methyl sites for hydroxylation is 1. The molecule has 0 aromatic heterocycles. The number of benzene rings is 2. The monoisotopic (exact) mass is 586 g/mol. The molecule has 6 nitrogen and oxygen atoms in total. The average molecular weight is 587 g/mol. The topological polar surface area (TPSA) is 64.7 Å². The maximum atomic E-state index is 12.8. The molecular weight excluding hydrogens is 551 g/mol. The van der Waals surface area contributed by atoms with E-state index in [2.05, 4.69) is 84.0 Å². The lowest BCUT2D eigenvalue weighted by Gasteiger charge is -2.29. The SMILES string of the molecule is CCc1cc(N/C=C2\C(=O)NC(=O)c3ccc(I)cc32)c(CC)c(CC)c1N1CCC(N(C)C)C1. The molecule has 186 valence electrons. The van der Waals surface area contributed by atoms with E-state index in [0.29, 0.717) is 22.7 Å². The Kier molecular flexibility index (Phi) is 7.86. The summed E-state index contributed by atoms with van der Waals surface area (Å²) in [6.45, 7) is 8.77. The van der Waals surface area contributed by atoms with Crippen LogP contribution in [0.4, 0.5) is 11.4 Å². The summed E-state index contributed by atoms with van der Waals surface area (Å²) in [6.07, 6.45) is 5.74. The average Bonchev–Trinajstić information content (AvgIpc) is 3.32. The van der Waals surface area contributed by atoms with Crippen LogP contribution >= 0.6 is 22.6 Å². The highest BCUT2D eigenvalue weighted by Crippen LogP contribution is 2.38. The van der Waals surface area contributed by atoms with Crippen LogP contribution in [0.5, 0.6) is 0 Å². The summed E-state index contributed by atoms with van der Waals surface area (Å²) in [6, 6.07) is 8.39. The predicted molar refractivity (Wildman–Crippen MR) is 152 cm³/mol. The van der Waals surface area contributed by atoms with Gasteiger partial charge in [0.15, 0.2) is 0 Å². The predicted octanol–water partition coefficient (Wildman–Crippen LogP) is 4.84. The molecule has 35 heavy (non-hydrogen) atoms. The van der Waals surface area contributed by atoms with Crippen molar-refractivity contribution in [1.82, 2.24) is 10.2 Å². The van der Waals surface area contributed by atoms with E-state index in [0.717, 1.165) is 41.6 Å². The molecule has 1 unspecified atom stereocenters. The largest absolute Gasteiger partial charge is 0.369 e. The fourth-order valence-electron chi connectivity index (χ4n) is 5.36. The number of nitrogens with one attached hydrogen (secondary N) is 2. The molecule has 2 aliphatic heterocycles. The number of carbonyl (C=O) groups is 2. The second kappa shape index (κ2) is 10.7. The van der Waals surface area contributed by atoms with Crippen LogP contribution in [0.25, 0.3) is 5.57 Å². The number of imide groups is 1. The second-order valence-corrected chi connectivity index (χ2v) is 10.7. The van der Waals surface area contributed by atoms with Gasteiger partial charge in [-0.05, 0) is 103 Å². The molecule has 0 radical (unpaired) electrons. The molecule has 2 aliphatic rings. The second-order valence-electron chi connectivity index (χ2n) is 9.48. The highest BCUT2D eigenvalue weighted by atomic mass is 127. The van der Waals surface area contributed by atoms with Gasteiger partial charge in [0.1, 0.15) is 0 Å². The van der Waals surface area contributed by atoms with Gasteiger partial charge in [-0.2, -0.15) is 0 Å². The lowest BCUT2D eigenvalue weighted by molar-refractivity contribution is -0.114. The zero-order valence-corrected chi connectivity index (χ0v) is 23.5. The van der Waals surface area contributed by atoms with Crippen molar-refractivity contribution in [1.29, 1.82) is 0 Å². The lowest BCUT2D eigenvalue weighted by Crippen LogP contribution is -2.36. The number of rotatable bonds is 7. The molecule has 0 spiro atoms. The fourth-order valence-corrected chi connectivity index (χ4v) is 5.85. The first-order valence-electron chi connectivity index (χ1n) is 12.5. The molecule has 2 aromatic carbocycles. The van der Waals surface area contributed by atoms with Crippen molar-refractivity contribution in [2.24, 2.45) is 0 Å². The van der Waals surface area contributed by atoms with Crippen LogP contribution in [0.3, 0.4) is 0 Å². The highest BCUT2D eigenvalue weighted by molar-refractivity contribution is 14.1. The van der Waals surface area contributed by atoms with Gasteiger partial charge in [-0.3, -0.25) is 14.9 Å². The third-order valence-corrected chi connectivity index (χ3v) is 7.93. The van der Waals surface area contributed by atoms with Crippen molar-refractivity contribution in [2.75, 3.05) is 37.4 Å². The molecule has 2 amide bonds. The van der Waals surface area contributed by atoms with Gasteiger partial charge in [-0.25, -0.2) is 0 Å².